The maximum absolute atomic E-state index is 3.05. The van der Waals surface area contributed by atoms with E-state index in [9.17, 15) is 0 Å². The first-order valence-corrected chi connectivity index (χ1v) is 3.32. The largest absolute Gasteiger partial charge is 1.00 e. The maximum atomic E-state index is 3.05. The van der Waals surface area contributed by atoms with Gasteiger partial charge in [0.2, 0.25) is 0 Å². The van der Waals surface area contributed by atoms with E-state index in [1.807, 2.05) is 30.3 Å². The summed E-state index contributed by atoms with van der Waals surface area (Å²) in [4.78, 5) is 0. The summed E-state index contributed by atoms with van der Waals surface area (Å²) < 4.78 is 0. The number of rotatable bonds is 0. The molecule has 48 valence electrons. The zero-order chi connectivity index (χ0) is 6.81. The van der Waals surface area contributed by atoms with Crippen molar-refractivity contribution in [3.05, 3.63) is 48.5 Å². The van der Waals surface area contributed by atoms with Crippen LogP contribution in [0.1, 0.15) is 0 Å². The van der Waals surface area contributed by atoms with Crippen LogP contribution in [0, 0.1) is 6.07 Å². The standard InChI is InChI=1S/C10H7.Na/c1-2-5-9-7-4-8-10(9)6-3-1;/h1-3,5-8H;/q-1;+1. The third-order valence-corrected chi connectivity index (χ3v) is 1.58. The minimum Gasteiger partial charge on any atom is -0.185 e. The van der Waals surface area contributed by atoms with E-state index in [-0.39, 0.29) is 29.6 Å². The summed E-state index contributed by atoms with van der Waals surface area (Å²) in [6.07, 6.45) is 0. The van der Waals surface area contributed by atoms with Gasteiger partial charge in [-0.2, -0.15) is 29.3 Å². The Hall–Kier alpha value is -0.300. The van der Waals surface area contributed by atoms with Crippen LogP contribution in [0.15, 0.2) is 42.5 Å². The molecule has 11 heavy (non-hydrogen) atoms. The van der Waals surface area contributed by atoms with Gasteiger partial charge in [0.15, 0.2) is 0 Å². The van der Waals surface area contributed by atoms with Crippen LogP contribution < -0.4 is 29.6 Å². The van der Waals surface area contributed by atoms with Crippen molar-refractivity contribution in [1.82, 2.24) is 0 Å². The first-order valence-electron chi connectivity index (χ1n) is 3.32. The van der Waals surface area contributed by atoms with Gasteiger partial charge in [0.05, 0.1) is 0 Å². The molecule has 0 bridgehead atoms. The third-order valence-electron chi connectivity index (χ3n) is 1.58. The zero-order valence-corrected chi connectivity index (χ0v) is 8.54. The minimum atomic E-state index is 0. The van der Waals surface area contributed by atoms with Gasteiger partial charge in [0, 0.05) is 0 Å². The second kappa shape index (κ2) is 3.91. The molecule has 0 heterocycles. The van der Waals surface area contributed by atoms with Crippen LogP contribution in [0.4, 0.5) is 0 Å². The molecular weight excluding hydrogens is 143 g/mol. The van der Waals surface area contributed by atoms with Crippen molar-refractivity contribution in [2.24, 2.45) is 0 Å². The van der Waals surface area contributed by atoms with Gasteiger partial charge >= 0.3 is 29.6 Å². The first kappa shape index (κ1) is 8.79. The van der Waals surface area contributed by atoms with E-state index >= 15 is 0 Å². The van der Waals surface area contributed by atoms with Crippen molar-refractivity contribution < 1.29 is 29.6 Å². The van der Waals surface area contributed by atoms with Crippen LogP contribution in [-0.4, -0.2) is 0 Å². The summed E-state index contributed by atoms with van der Waals surface area (Å²) >= 11 is 0. The van der Waals surface area contributed by atoms with Crippen molar-refractivity contribution in [2.45, 2.75) is 0 Å². The van der Waals surface area contributed by atoms with E-state index in [1.54, 1.807) is 0 Å². The molecule has 1 heteroatoms. The molecule has 0 nitrogen and oxygen atoms in total. The molecule has 0 N–H and O–H groups in total. The first-order chi connectivity index (χ1) is 4.97. The van der Waals surface area contributed by atoms with Crippen LogP contribution in [0.5, 0.6) is 0 Å². The summed E-state index contributed by atoms with van der Waals surface area (Å²) in [5.41, 5.74) is 2.51. The van der Waals surface area contributed by atoms with Gasteiger partial charge in [-0.1, -0.05) is 18.2 Å². The second-order valence-corrected chi connectivity index (χ2v) is 2.28. The molecule has 0 unspecified atom stereocenters. The fourth-order valence-electron chi connectivity index (χ4n) is 1.06. The smallest absolute Gasteiger partial charge is 0.185 e. The van der Waals surface area contributed by atoms with Crippen LogP contribution in [-0.2, 0) is 0 Å². The molecule has 0 atom stereocenters. The number of fused-ring (bicyclic) bond motifs is 1. The fraction of sp³-hybridized carbons (Fsp3) is 0. The van der Waals surface area contributed by atoms with Crippen molar-refractivity contribution in [1.29, 1.82) is 0 Å². The zero-order valence-electron chi connectivity index (χ0n) is 6.54. The Labute approximate surface area is 88.9 Å². The van der Waals surface area contributed by atoms with Crippen LogP contribution >= 0.6 is 0 Å². The number of hydrogen-bond acceptors (Lipinski definition) is 0. The summed E-state index contributed by atoms with van der Waals surface area (Å²) in [6, 6.07) is 17.3. The van der Waals surface area contributed by atoms with Crippen LogP contribution in [0.2, 0.25) is 0 Å². The van der Waals surface area contributed by atoms with E-state index in [0.29, 0.717) is 0 Å². The fourth-order valence-corrected chi connectivity index (χ4v) is 1.06. The Bertz CT molecular complexity index is 276. The molecular formula is C10H7Na. The predicted octanol–water partition coefficient (Wildman–Crippen LogP) is -0.404. The summed E-state index contributed by atoms with van der Waals surface area (Å²) in [5, 5.41) is 0. The molecule has 0 saturated heterocycles. The quantitative estimate of drug-likeness (QED) is 0.354. The topological polar surface area (TPSA) is 0 Å². The minimum absolute atomic E-state index is 0. The molecule has 0 aliphatic heterocycles. The molecule has 0 amide bonds. The average Bonchev–Trinajstić information content (AvgIpc) is 2.28. The third kappa shape index (κ3) is 1.84. The van der Waals surface area contributed by atoms with E-state index in [0.717, 1.165) is 0 Å². The molecule has 2 aliphatic carbocycles. The Morgan fingerprint density at radius 1 is 0.818 bits per heavy atom. The van der Waals surface area contributed by atoms with Crippen LogP contribution in [0.25, 0.3) is 11.1 Å². The van der Waals surface area contributed by atoms with Gasteiger partial charge in [-0.25, -0.2) is 0 Å². The SMILES string of the molecule is [Na+].[c-]1cc2cccccc-2c1. The van der Waals surface area contributed by atoms with Gasteiger partial charge in [0.25, 0.3) is 0 Å². The van der Waals surface area contributed by atoms with Crippen molar-refractivity contribution >= 4 is 0 Å². The molecule has 0 fully saturated rings. The van der Waals surface area contributed by atoms with Crippen molar-refractivity contribution in [3.8, 4) is 11.1 Å². The second-order valence-electron chi connectivity index (χ2n) is 2.28. The van der Waals surface area contributed by atoms with Crippen molar-refractivity contribution in [2.75, 3.05) is 0 Å². The van der Waals surface area contributed by atoms with Gasteiger partial charge in [-0.3, -0.25) is 0 Å². The molecule has 0 saturated carbocycles. The Morgan fingerprint density at radius 2 is 1.36 bits per heavy atom. The summed E-state index contributed by atoms with van der Waals surface area (Å²) in [6.45, 7) is 0. The molecule has 0 aromatic carbocycles. The molecule has 0 spiro atoms. The molecule has 0 aromatic heterocycles. The van der Waals surface area contributed by atoms with Gasteiger partial charge in [-0.05, 0) is 0 Å². The van der Waals surface area contributed by atoms with Gasteiger partial charge in [0.1, 0.15) is 0 Å². The Balaban J connectivity index is 0.000000605. The normalized spacial score (nSPS) is 9.09. The van der Waals surface area contributed by atoms with E-state index in [2.05, 4.69) is 18.2 Å². The predicted molar refractivity (Wildman–Crippen MR) is 41.9 cm³/mol. The van der Waals surface area contributed by atoms with Crippen molar-refractivity contribution in [3.63, 3.8) is 0 Å². The van der Waals surface area contributed by atoms with Gasteiger partial charge in [-0.15, -0.1) is 12.1 Å². The summed E-state index contributed by atoms with van der Waals surface area (Å²) in [5.74, 6) is 0. The van der Waals surface area contributed by atoms with Crippen LogP contribution in [0.3, 0.4) is 0 Å². The maximum Gasteiger partial charge on any atom is 1.00 e. The average molecular weight is 150 g/mol. The van der Waals surface area contributed by atoms with Gasteiger partial charge < -0.3 is 0 Å². The van der Waals surface area contributed by atoms with E-state index < -0.39 is 0 Å². The van der Waals surface area contributed by atoms with E-state index in [4.69, 9.17) is 0 Å². The molecule has 2 aliphatic rings. The Kier molecular flexibility index (Phi) is 3.13. The number of hydrogen-bond donors (Lipinski definition) is 0. The Morgan fingerprint density at radius 3 is 1.91 bits per heavy atom. The van der Waals surface area contributed by atoms with E-state index in [1.165, 1.54) is 11.1 Å². The molecule has 2 rings (SSSR count). The molecule has 0 aromatic rings. The monoisotopic (exact) mass is 150 g/mol. The molecule has 0 radical (unpaired) electrons. The summed E-state index contributed by atoms with van der Waals surface area (Å²) in [7, 11) is 0.